The number of nitrogens with zero attached hydrogens (tertiary/aromatic N) is 1. The van der Waals surface area contributed by atoms with Crippen LogP contribution in [0.25, 0.3) is 0 Å². The lowest BCUT2D eigenvalue weighted by molar-refractivity contribution is 0.571. The van der Waals surface area contributed by atoms with Crippen molar-refractivity contribution in [2.45, 2.75) is 31.7 Å². The molecule has 0 spiro atoms. The van der Waals surface area contributed by atoms with Crippen molar-refractivity contribution in [1.29, 1.82) is 0 Å². The minimum absolute atomic E-state index is 0.00369. The Morgan fingerprint density at radius 1 is 1.47 bits per heavy atom. The molecule has 0 aliphatic rings. The molecule has 2 nitrogen and oxygen atoms in total. The summed E-state index contributed by atoms with van der Waals surface area (Å²) >= 11 is 5.79. The van der Waals surface area contributed by atoms with Crippen LogP contribution in [-0.4, -0.2) is 16.4 Å². The highest BCUT2D eigenvalue weighted by Gasteiger charge is 2.10. The SMILES string of the molecule is CC(Cl)CC(C)Nc1ncc(F)cc1F. The molecule has 0 saturated carbocycles. The van der Waals surface area contributed by atoms with Crippen LogP contribution in [0, 0.1) is 11.6 Å². The van der Waals surface area contributed by atoms with Gasteiger partial charge in [0.05, 0.1) is 6.20 Å². The second-order valence-electron chi connectivity index (χ2n) is 3.55. The van der Waals surface area contributed by atoms with E-state index in [-0.39, 0.29) is 17.2 Å². The Balaban J connectivity index is 2.64. The maximum Gasteiger partial charge on any atom is 0.168 e. The fraction of sp³-hybridized carbons (Fsp3) is 0.500. The molecule has 1 rings (SSSR count). The van der Waals surface area contributed by atoms with E-state index in [4.69, 9.17) is 11.6 Å². The van der Waals surface area contributed by atoms with Gasteiger partial charge in [0.1, 0.15) is 5.82 Å². The Bertz CT molecular complexity index is 331. The Hall–Kier alpha value is -0.900. The topological polar surface area (TPSA) is 24.9 Å². The number of aromatic nitrogens is 1. The highest BCUT2D eigenvalue weighted by molar-refractivity contribution is 6.20. The van der Waals surface area contributed by atoms with Gasteiger partial charge in [0, 0.05) is 17.5 Å². The maximum absolute atomic E-state index is 13.2. The largest absolute Gasteiger partial charge is 0.365 e. The lowest BCUT2D eigenvalue weighted by atomic mass is 10.2. The molecule has 2 unspecified atom stereocenters. The van der Waals surface area contributed by atoms with Gasteiger partial charge < -0.3 is 5.32 Å². The summed E-state index contributed by atoms with van der Waals surface area (Å²) in [6.45, 7) is 3.72. The van der Waals surface area contributed by atoms with Crippen molar-refractivity contribution in [3.05, 3.63) is 23.9 Å². The van der Waals surface area contributed by atoms with Crippen molar-refractivity contribution in [1.82, 2.24) is 4.98 Å². The van der Waals surface area contributed by atoms with Crippen LogP contribution >= 0.6 is 11.6 Å². The summed E-state index contributed by atoms with van der Waals surface area (Å²) in [5.41, 5.74) is 0. The van der Waals surface area contributed by atoms with Crippen LogP contribution in [0.3, 0.4) is 0 Å². The van der Waals surface area contributed by atoms with E-state index < -0.39 is 11.6 Å². The quantitative estimate of drug-likeness (QED) is 0.810. The predicted molar refractivity (Wildman–Crippen MR) is 57.2 cm³/mol. The third-order valence-electron chi connectivity index (χ3n) is 1.87. The molecule has 5 heteroatoms. The van der Waals surface area contributed by atoms with Gasteiger partial charge in [-0.15, -0.1) is 11.6 Å². The van der Waals surface area contributed by atoms with Crippen LogP contribution in [0.1, 0.15) is 20.3 Å². The van der Waals surface area contributed by atoms with Crippen molar-refractivity contribution < 1.29 is 8.78 Å². The Labute approximate surface area is 92.7 Å². The van der Waals surface area contributed by atoms with E-state index in [9.17, 15) is 8.78 Å². The molecule has 0 bridgehead atoms. The first kappa shape index (κ1) is 12.2. The molecular formula is C10H13ClF2N2. The van der Waals surface area contributed by atoms with Crippen LogP contribution in [0.5, 0.6) is 0 Å². The van der Waals surface area contributed by atoms with E-state index in [1.165, 1.54) is 0 Å². The minimum atomic E-state index is -0.691. The number of halogens is 3. The second-order valence-corrected chi connectivity index (χ2v) is 4.29. The first-order valence-corrected chi connectivity index (χ1v) is 5.14. The average molecular weight is 235 g/mol. The van der Waals surface area contributed by atoms with E-state index in [0.29, 0.717) is 6.42 Å². The molecule has 1 heterocycles. The molecule has 1 N–H and O–H groups in total. The van der Waals surface area contributed by atoms with Crippen LogP contribution in [0.2, 0.25) is 0 Å². The summed E-state index contributed by atoms with van der Waals surface area (Å²) in [7, 11) is 0. The zero-order chi connectivity index (χ0) is 11.4. The molecular weight excluding hydrogens is 222 g/mol. The van der Waals surface area contributed by atoms with Crippen molar-refractivity contribution in [3.8, 4) is 0 Å². The molecule has 0 amide bonds. The molecule has 1 aromatic rings. The standard InChI is InChI=1S/C10H13ClF2N2/c1-6(11)3-7(2)15-10-9(13)4-8(12)5-14-10/h4-7H,3H2,1-2H3,(H,14,15). The number of alkyl halides is 1. The molecule has 2 atom stereocenters. The number of hydrogen-bond acceptors (Lipinski definition) is 2. The highest BCUT2D eigenvalue weighted by Crippen LogP contribution is 2.14. The summed E-state index contributed by atoms with van der Waals surface area (Å²) < 4.78 is 25.7. The smallest absolute Gasteiger partial charge is 0.168 e. The molecule has 0 aromatic carbocycles. The first-order chi connectivity index (χ1) is 6.99. The summed E-state index contributed by atoms with van der Waals surface area (Å²) in [4.78, 5) is 3.62. The average Bonchev–Trinajstić information content (AvgIpc) is 2.08. The normalized spacial score (nSPS) is 14.7. The van der Waals surface area contributed by atoms with Gasteiger partial charge in [-0.3, -0.25) is 0 Å². The first-order valence-electron chi connectivity index (χ1n) is 4.70. The predicted octanol–water partition coefficient (Wildman–Crippen LogP) is 3.18. The maximum atomic E-state index is 13.2. The number of anilines is 1. The summed E-state index contributed by atoms with van der Waals surface area (Å²) in [5, 5.41) is 2.83. The van der Waals surface area contributed by atoms with Crippen molar-refractivity contribution in [2.75, 3.05) is 5.32 Å². The van der Waals surface area contributed by atoms with Gasteiger partial charge in [-0.1, -0.05) is 0 Å². The number of hydrogen-bond donors (Lipinski definition) is 1. The van der Waals surface area contributed by atoms with Gasteiger partial charge >= 0.3 is 0 Å². The number of rotatable bonds is 4. The van der Waals surface area contributed by atoms with Crippen LogP contribution < -0.4 is 5.32 Å². The Morgan fingerprint density at radius 3 is 2.67 bits per heavy atom. The molecule has 0 radical (unpaired) electrons. The second kappa shape index (κ2) is 5.26. The molecule has 84 valence electrons. The zero-order valence-corrected chi connectivity index (χ0v) is 9.35. The lowest BCUT2D eigenvalue weighted by Crippen LogP contribution is -2.20. The van der Waals surface area contributed by atoms with E-state index >= 15 is 0 Å². The van der Waals surface area contributed by atoms with Crippen LogP contribution in [-0.2, 0) is 0 Å². The lowest BCUT2D eigenvalue weighted by Gasteiger charge is -2.15. The van der Waals surface area contributed by atoms with Gasteiger partial charge in [-0.05, 0) is 20.3 Å². The molecule has 0 saturated heterocycles. The van der Waals surface area contributed by atoms with E-state index in [1.54, 1.807) is 0 Å². The minimum Gasteiger partial charge on any atom is -0.365 e. The summed E-state index contributed by atoms with van der Waals surface area (Å²) in [6, 6.07) is 0.789. The molecule has 0 aliphatic heterocycles. The van der Waals surface area contributed by atoms with Gasteiger partial charge in [0.2, 0.25) is 0 Å². The Kier molecular flexibility index (Phi) is 4.27. The third-order valence-corrected chi connectivity index (χ3v) is 2.05. The van der Waals surface area contributed by atoms with Gasteiger partial charge in [-0.2, -0.15) is 0 Å². The van der Waals surface area contributed by atoms with Gasteiger partial charge in [-0.25, -0.2) is 13.8 Å². The fourth-order valence-corrected chi connectivity index (χ4v) is 1.57. The van der Waals surface area contributed by atoms with E-state index in [0.717, 1.165) is 12.3 Å². The molecule has 15 heavy (non-hydrogen) atoms. The summed E-state index contributed by atoms with van der Waals surface area (Å²) in [6.07, 6.45) is 1.66. The Morgan fingerprint density at radius 2 is 2.13 bits per heavy atom. The molecule has 0 fully saturated rings. The zero-order valence-electron chi connectivity index (χ0n) is 8.60. The van der Waals surface area contributed by atoms with Gasteiger partial charge in [0.15, 0.2) is 11.6 Å². The van der Waals surface area contributed by atoms with E-state index in [1.807, 2.05) is 13.8 Å². The van der Waals surface area contributed by atoms with Crippen LogP contribution in [0.15, 0.2) is 12.3 Å². The molecule has 1 aromatic heterocycles. The number of pyridine rings is 1. The highest BCUT2D eigenvalue weighted by atomic mass is 35.5. The van der Waals surface area contributed by atoms with Crippen molar-refractivity contribution in [2.24, 2.45) is 0 Å². The van der Waals surface area contributed by atoms with Gasteiger partial charge in [0.25, 0.3) is 0 Å². The monoisotopic (exact) mass is 234 g/mol. The van der Waals surface area contributed by atoms with E-state index in [2.05, 4.69) is 10.3 Å². The van der Waals surface area contributed by atoms with Crippen molar-refractivity contribution >= 4 is 17.4 Å². The van der Waals surface area contributed by atoms with Crippen molar-refractivity contribution in [3.63, 3.8) is 0 Å². The number of nitrogens with one attached hydrogen (secondary N) is 1. The molecule has 0 aliphatic carbocycles. The van der Waals surface area contributed by atoms with Crippen LogP contribution in [0.4, 0.5) is 14.6 Å². The third kappa shape index (κ3) is 4.00. The fourth-order valence-electron chi connectivity index (χ4n) is 1.30. The summed E-state index contributed by atoms with van der Waals surface area (Å²) in [5.74, 6) is -1.32.